The van der Waals surface area contributed by atoms with Crippen LogP contribution >= 0.6 is 11.6 Å². The minimum Gasteiger partial charge on any atom is -0.296 e. The summed E-state index contributed by atoms with van der Waals surface area (Å²) < 4.78 is 27.4. The third-order valence-electron chi connectivity index (χ3n) is 4.89. The Morgan fingerprint density at radius 2 is 1.59 bits per heavy atom. The summed E-state index contributed by atoms with van der Waals surface area (Å²) in [6, 6.07) is 15.1. The normalized spacial score (nSPS) is 16.7. The molecule has 0 saturated carbocycles. The van der Waals surface area contributed by atoms with Crippen LogP contribution in [0.2, 0.25) is 5.02 Å². The fraction of sp³-hybridized carbons (Fsp3) is 0.429. The highest BCUT2D eigenvalue weighted by atomic mass is 35.5. The summed E-state index contributed by atoms with van der Waals surface area (Å²) >= 11 is 6.24. The average Bonchev–Trinajstić information content (AvgIpc) is 2.64. The van der Waals surface area contributed by atoms with E-state index in [0.29, 0.717) is 37.0 Å². The first kappa shape index (κ1) is 20.3. The molecule has 2 aromatic rings. The van der Waals surface area contributed by atoms with E-state index in [1.165, 1.54) is 5.56 Å². The Bertz CT molecular complexity index is 858. The van der Waals surface area contributed by atoms with Crippen LogP contribution in [0.25, 0.3) is 0 Å². The Hall–Kier alpha value is -1.40. The van der Waals surface area contributed by atoms with E-state index in [4.69, 9.17) is 11.6 Å². The summed E-state index contributed by atoms with van der Waals surface area (Å²) in [6.45, 7) is 7.48. The molecule has 3 rings (SSSR count). The third-order valence-corrected chi connectivity index (χ3v) is 7.17. The quantitative estimate of drug-likeness (QED) is 0.726. The minimum absolute atomic E-state index is 0.384. The Morgan fingerprint density at radius 1 is 0.963 bits per heavy atom. The molecule has 1 fully saturated rings. The van der Waals surface area contributed by atoms with Crippen molar-refractivity contribution in [3.63, 3.8) is 0 Å². The van der Waals surface area contributed by atoms with Crippen molar-refractivity contribution in [3.8, 4) is 0 Å². The summed E-state index contributed by atoms with van der Waals surface area (Å²) in [7, 11) is -3.43. The molecule has 1 heterocycles. The van der Waals surface area contributed by atoms with Crippen LogP contribution in [-0.4, -0.2) is 43.8 Å². The summed E-state index contributed by atoms with van der Waals surface area (Å²) in [5.41, 5.74) is 2.25. The van der Waals surface area contributed by atoms with Crippen LogP contribution in [-0.2, 0) is 23.0 Å². The molecule has 0 atom stereocenters. The zero-order chi connectivity index (χ0) is 19.4. The first-order valence-corrected chi connectivity index (χ1v) is 11.2. The van der Waals surface area contributed by atoms with Crippen molar-refractivity contribution in [1.29, 1.82) is 0 Å². The second-order valence-corrected chi connectivity index (χ2v) is 9.86. The predicted molar refractivity (Wildman–Crippen MR) is 110 cm³/mol. The van der Waals surface area contributed by atoms with Crippen LogP contribution < -0.4 is 0 Å². The molecule has 2 aromatic carbocycles. The van der Waals surface area contributed by atoms with E-state index >= 15 is 0 Å². The maximum absolute atomic E-state index is 12.9. The molecule has 0 unspecified atom stereocenters. The van der Waals surface area contributed by atoms with Gasteiger partial charge in [0, 0.05) is 37.7 Å². The van der Waals surface area contributed by atoms with Crippen LogP contribution in [0, 0.1) is 5.92 Å². The Morgan fingerprint density at radius 3 is 2.19 bits per heavy atom. The summed E-state index contributed by atoms with van der Waals surface area (Å²) in [4.78, 5) is 2.63. The molecule has 6 heteroatoms. The summed E-state index contributed by atoms with van der Waals surface area (Å²) in [6.07, 6.45) is 0.959. The number of piperazine rings is 1. The lowest BCUT2D eigenvalue weighted by molar-refractivity contribution is 0.181. The molecular weight excluding hydrogens is 380 g/mol. The molecule has 0 N–H and O–H groups in total. The molecule has 0 aliphatic carbocycles. The van der Waals surface area contributed by atoms with Crippen molar-refractivity contribution >= 4 is 21.6 Å². The van der Waals surface area contributed by atoms with Gasteiger partial charge in [0.2, 0.25) is 10.0 Å². The van der Waals surface area contributed by atoms with Gasteiger partial charge >= 0.3 is 0 Å². The van der Waals surface area contributed by atoms with Crippen molar-refractivity contribution in [2.45, 2.75) is 31.7 Å². The first-order valence-electron chi connectivity index (χ1n) is 9.41. The van der Waals surface area contributed by atoms with E-state index in [0.717, 1.165) is 23.6 Å². The van der Waals surface area contributed by atoms with E-state index in [2.05, 4.69) is 18.7 Å². The minimum atomic E-state index is -3.43. The Kier molecular flexibility index (Phi) is 6.58. The molecule has 0 radical (unpaired) electrons. The van der Waals surface area contributed by atoms with Crippen molar-refractivity contribution < 1.29 is 8.42 Å². The predicted octanol–water partition coefficient (Wildman–Crippen LogP) is 4.05. The second kappa shape index (κ2) is 8.74. The zero-order valence-electron chi connectivity index (χ0n) is 15.9. The summed E-state index contributed by atoms with van der Waals surface area (Å²) in [5, 5.41) is 0.758. The van der Waals surface area contributed by atoms with E-state index in [1.807, 2.05) is 36.4 Å². The van der Waals surface area contributed by atoms with Crippen molar-refractivity contribution in [2.24, 2.45) is 5.92 Å². The molecule has 1 saturated heterocycles. The van der Waals surface area contributed by atoms with Crippen LogP contribution in [0.4, 0.5) is 0 Å². The van der Waals surface area contributed by atoms with Crippen LogP contribution in [0.15, 0.2) is 53.4 Å². The molecule has 0 amide bonds. The Labute approximate surface area is 167 Å². The topological polar surface area (TPSA) is 40.6 Å². The van der Waals surface area contributed by atoms with E-state index in [1.54, 1.807) is 16.4 Å². The maximum atomic E-state index is 12.9. The number of hydrogen-bond donors (Lipinski definition) is 0. The van der Waals surface area contributed by atoms with Crippen LogP contribution in [0.1, 0.15) is 25.0 Å². The van der Waals surface area contributed by atoms with Gasteiger partial charge in [-0.2, -0.15) is 4.31 Å². The molecule has 1 aliphatic heterocycles. The zero-order valence-corrected chi connectivity index (χ0v) is 17.5. The molecular formula is C21H27ClN2O2S. The molecule has 1 aliphatic rings. The molecule has 0 spiro atoms. The van der Waals surface area contributed by atoms with Gasteiger partial charge in [-0.05, 0) is 41.7 Å². The Balaban J connectivity index is 1.62. The van der Waals surface area contributed by atoms with E-state index in [-0.39, 0.29) is 0 Å². The fourth-order valence-electron chi connectivity index (χ4n) is 3.41. The van der Waals surface area contributed by atoms with E-state index in [9.17, 15) is 8.42 Å². The SMILES string of the molecule is CC(C)Cc1ccc(S(=O)(=O)N2CCN(Cc3ccccc3Cl)CC2)cc1. The van der Waals surface area contributed by atoms with Crippen molar-refractivity contribution in [1.82, 2.24) is 9.21 Å². The number of sulfonamides is 1. The summed E-state index contributed by atoms with van der Waals surface area (Å²) in [5.74, 6) is 0.554. The first-order chi connectivity index (χ1) is 12.9. The number of nitrogens with zero attached hydrogens (tertiary/aromatic N) is 2. The highest BCUT2D eigenvalue weighted by Gasteiger charge is 2.28. The molecule has 0 bridgehead atoms. The van der Waals surface area contributed by atoms with Crippen molar-refractivity contribution in [2.75, 3.05) is 26.2 Å². The fourth-order valence-corrected chi connectivity index (χ4v) is 5.03. The average molecular weight is 407 g/mol. The standard InChI is InChI=1S/C21H27ClN2O2S/c1-17(2)15-18-7-9-20(10-8-18)27(25,26)24-13-11-23(12-14-24)16-19-5-3-4-6-21(19)22/h3-10,17H,11-16H2,1-2H3. The van der Waals surface area contributed by atoms with Gasteiger partial charge in [0.1, 0.15) is 0 Å². The lowest BCUT2D eigenvalue weighted by atomic mass is 10.0. The van der Waals surface area contributed by atoms with Gasteiger partial charge in [-0.3, -0.25) is 4.90 Å². The number of halogens is 1. The molecule has 0 aromatic heterocycles. The van der Waals surface area contributed by atoms with Gasteiger partial charge in [0.25, 0.3) is 0 Å². The smallest absolute Gasteiger partial charge is 0.243 e. The van der Waals surface area contributed by atoms with Crippen LogP contribution in [0.5, 0.6) is 0 Å². The number of hydrogen-bond acceptors (Lipinski definition) is 3. The highest BCUT2D eigenvalue weighted by Crippen LogP contribution is 2.21. The van der Waals surface area contributed by atoms with Gasteiger partial charge in [-0.25, -0.2) is 8.42 Å². The molecule has 146 valence electrons. The highest BCUT2D eigenvalue weighted by molar-refractivity contribution is 7.89. The second-order valence-electron chi connectivity index (χ2n) is 7.51. The largest absolute Gasteiger partial charge is 0.296 e. The van der Waals surface area contributed by atoms with Gasteiger partial charge in [0.15, 0.2) is 0 Å². The number of rotatable bonds is 6. The monoisotopic (exact) mass is 406 g/mol. The molecule has 4 nitrogen and oxygen atoms in total. The maximum Gasteiger partial charge on any atom is 0.243 e. The van der Waals surface area contributed by atoms with Gasteiger partial charge in [-0.1, -0.05) is 55.8 Å². The lowest BCUT2D eigenvalue weighted by Gasteiger charge is -2.34. The van der Waals surface area contributed by atoms with Crippen molar-refractivity contribution in [3.05, 3.63) is 64.7 Å². The van der Waals surface area contributed by atoms with Crippen LogP contribution in [0.3, 0.4) is 0 Å². The number of benzene rings is 2. The van der Waals surface area contributed by atoms with E-state index < -0.39 is 10.0 Å². The van der Waals surface area contributed by atoms with Gasteiger partial charge in [0.05, 0.1) is 4.90 Å². The van der Waals surface area contributed by atoms with Gasteiger partial charge < -0.3 is 0 Å². The lowest BCUT2D eigenvalue weighted by Crippen LogP contribution is -2.48. The third kappa shape index (κ3) is 5.11. The van der Waals surface area contributed by atoms with Gasteiger partial charge in [-0.15, -0.1) is 0 Å². The molecule has 27 heavy (non-hydrogen) atoms.